The molecule has 1 fully saturated rings. The number of hydrogen-bond donors (Lipinski definition) is 1. The van der Waals surface area contributed by atoms with Crippen molar-refractivity contribution < 1.29 is 8.78 Å². The van der Waals surface area contributed by atoms with Crippen molar-refractivity contribution in [3.8, 4) is 0 Å². The first-order valence-corrected chi connectivity index (χ1v) is 7.58. The third-order valence-electron chi connectivity index (χ3n) is 4.37. The highest BCUT2D eigenvalue weighted by Crippen LogP contribution is 2.31. The quantitative estimate of drug-likeness (QED) is 0.893. The van der Waals surface area contributed by atoms with Gasteiger partial charge >= 0.3 is 0 Å². The lowest BCUT2D eigenvalue weighted by molar-refractivity contribution is 0.109. The van der Waals surface area contributed by atoms with Crippen LogP contribution in [0.1, 0.15) is 50.6 Å². The van der Waals surface area contributed by atoms with E-state index in [9.17, 15) is 8.78 Å². The molecule has 0 heterocycles. The predicted molar refractivity (Wildman–Crippen MR) is 77.4 cm³/mol. The zero-order valence-electron chi connectivity index (χ0n) is 12.1. The summed E-state index contributed by atoms with van der Waals surface area (Å²) in [6.07, 6.45) is 5.84. The summed E-state index contributed by atoms with van der Waals surface area (Å²) in [5.74, 6) is -0.982. The third kappa shape index (κ3) is 3.18. The molecule has 2 N–H and O–H groups in total. The summed E-state index contributed by atoms with van der Waals surface area (Å²) in [4.78, 5) is 2.18. The molecule has 20 heavy (non-hydrogen) atoms. The van der Waals surface area contributed by atoms with Gasteiger partial charge in [-0.15, -0.1) is 0 Å². The summed E-state index contributed by atoms with van der Waals surface area (Å²) in [6.45, 7) is 3.04. The van der Waals surface area contributed by atoms with Crippen LogP contribution in [0.25, 0.3) is 0 Å². The van der Waals surface area contributed by atoms with Gasteiger partial charge in [-0.2, -0.15) is 0 Å². The van der Waals surface area contributed by atoms with Crippen LogP contribution in [-0.4, -0.2) is 24.0 Å². The third-order valence-corrected chi connectivity index (χ3v) is 4.37. The van der Waals surface area contributed by atoms with E-state index >= 15 is 0 Å². The number of nitrogens with zero attached hydrogens (tertiary/aromatic N) is 1. The SMILES string of the molecule is CCN(C1CCCCC1)C(CN)c1c(F)cccc1F. The maximum Gasteiger partial charge on any atom is 0.130 e. The van der Waals surface area contributed by atoms with Crippen LogP contribution in [0.3, 0.4) is 0 Å². The molecule has 1 aromatic rings. The van der Waals surface area contributed by atoms with Gasteiger partial charge in [-0.3, -0.25) is 4.90 Å². The Balaban J connectivity index is 2.29. The van der Waals surface area contributed by atoms with E-state index in [0.29, 0.717) is 6.04 Å². The van der Waals surface area contributed by atoms with Crippen LogP contribution in [0.5, 0.6) is 0 Å². The Morgan fingerprint density at radius 3 is 2.30 bits per heavy atom. The Labute approximate surface area is 120 Å². The largest absolute Gasteiger partial charge is 0.329 e. The number of benzene rings is 1. The van der Waals surface area contributed by atoms with Crippen LogP contribution >= 0.6 is 0 Å². The van der Waals surface area contributed by atoms with Gasteiger partial charge in [0.1, 0.15) is 11.6 Å². The second-order valence-electron chi connectivity index (χ2n) is 5.51. The van der Waals surface area contributed by atoms with E-state index < -0.39 is 11.6 Å². The second-order valence-corrected chi connectivity index (χ2v) is 5.51. The van der Waals surface area contributed by atoms with E-state index in [1.165, 1.54) is 37.5 Å². The molecule has 2 rings (SSSR count). The Bertz CT molecular complexity index is 410. The summed E-state index contributed by atoms with van der Waals surface area (Å²) in [6, 6.07) is 4.05. The normalized spacial score (nSPS) is 18.4. The molecule has 1 atom stereocenters. The minimum atomic E-state index is -0.491. The molecule has 112 valence electrons. The number of rotatable bonds is 5. The highest BCUT2D eigenvalue weighted by molar-refractivity contribution is 5.24. The van der Waals surface area contributed by atoms with Crippen LogP contribution in [0, 0.1) is 11.6 Å². The minimum absolute atomic E-state index is 0.127. The summed E-state index contributed by atoms with van der Waals surface area (Å²) >= 11 is 0. The average molecular weight is 282 g/mol. The minimum Gasteiger partial charge on any atom is -0.329 e. The molecule has 0 saturated heterocycles. The molecule has 2 nitrogen and oxygen atoms in total. The first-order chi connectivity index (χ1) is 9.69. The molecule has 1 aromatic carbocycles. The highest BCUT2D eigenvalue weighted by atomic mass is 19.1. The van der Waals surface area contributed by atoms with E-state index in [2.05, 4.69) is 4.90 Å². The van der Waals surface area contributed by atoms with Crippen molar-refractivity contribution in [2.45, 2.75) is 51.1 Å². The lowest BCUT2D eigenvalue weighted by Crippen LogP contribution is -2.43. The molecule has 0 bridgehead atoms. The zero-order chi connectivity index (χ0) is 14.5. The maximum absolute atomic E-state index is 14.0. The molecule has 4 heteroatoms. The van der Waals surface area contributed by atoms with E-state index in [-0.39, 0.29) is 18.2 Å². The lowest BCUT2D eigenvalue weighted by atomic mass is 9.91. The summed E-state index contributed by atoms with van der Waals surface area (Å²) in [7, 11) is 0. The van der Waals surface area contributed by atoms with Crippen LogP contribution in [0.4, 0.5) is 8.78 Å². The molecule has 0 amide bonds. The highest BCUT2D eigenvalue weighted by Gasteiger charge is 2.30. The van der Waals surface area contributed by atoms with Gasteiger partial charge in [-0.1, -0.05) is 32.3 Å². The van der Waals surface area contributed by atoms with Gasteiger partial charge in [0.15, 0.2) is 0 Å². The average Bonchev–Trinajstić information content (AvgIpc) is 2.47. The summed E-state index contributed by atoms with van der Waals surface area (Å²) in [5.41, 5.74) is 5.98. The Morgan fingerprint density at radius 1 is 1.20 bits per heavy atom. The Hall–Kier alpha value is -1.00. The molecular weight excluding hydrogens is 258 g/mol. The van der Waals surface area contributed by atoms with Gasteiger partial charge in [-0.05, 0) is 31.5 Å². The van der Waals surface area contributed by atoms with Crippen molar-refractivity contribution in [2.24, 2.45) is 5.73 Å². The van der Waals surface area contributed by atoms with E-state index in [1.807, 2.05) is 6.92 Å². The van der Waals surface area contributed by atoms with Crippen LogP contribution in [-0.2, 0) is 0 Å². The molecule has 1 unspecified atom stereocenters. The van der Waals surface area contributed by atoms with Gasteiger partial charge in [0.2, 0.25) is 0 Å². The smallest absolute Gasteiger partial charge is 0.130 e. The van der Waals surface area contributed by atoms with Gasteiger partial charge in [-0.25, -0.2) is 8.78 Å². The Kier molecular flexibility index (Phi) is 5.49. The Morgan fingerprint density at radius 2 is 1.80 bits per heavy atom. The van der Waals surface area contributed by atoms with Crippen molar-refractivity contribution in [2.75, 3.05) is 13.1 Å². The molecule has 0 radical (unpaired) electrons. The molecular formula is C16H24F2N2. The van der Waals surface area contributed by atoms with E-state index in [4.69, 9.17) is 5.73 Å². The van der Waals surface area contributed by atoms with E-state index in [1.54, 1.807) is 0 Å². The summed E-state index contributed by atoms with van der Waals surface area (Å²) < 4.78 is 28.1. The van der Waals surface area contributed by atoms with Crippen molar-refractivity contribution >= 4 is 0 Å². The van der Waals surface area contributed by atoms with Gasteiger partial charge in [0.25, 0.3) is 0 Å². The topological polar surface area (TPSA) is 29.3 Å². The lowest BCUT2D eigenvalue weighted by Gasteiger charge is -2.39. The number of hydrogen-bond acceptors (Lipinski definition) is 2. The van der Waals surface area contributed by atoms with Crippen molar-refractivity contribution in [1.82, 2.24) is 4.90 Å². The number of nitrogens with two attached hydrogens (primary N) is 1. The van der Waals surface area contributed by atoms with Crippen LogP contribution in [0.2, 0.25) is 0 Å². The predicted octanol–water partition coefficient (Wildman–Crippen LogP) is 3.62. The first kappa shape index (κ1) is 15.4. The van der Waals surface area contributed by atoms with Crippen LogP contribution in [0.15, 0.2) is 18.2 Å². The molecule has 0 aromatic heterocycles. The fourth-order valence-corrected chi connectivity index (χ4v) is 3.39. The monoisotopic (exact) mass is 282 g/mol. The maximum atomic E-state index is 14.0. The first-order valence-electron chi connectivity index (χ1n) is 7.58. The molecule has 1 aliphatic carbocycles. The van der Waals surface area contributed by atoms with Crippen molar-refractivity contribution in [3.05, 3.63) is 35.4 Å². The fourth-order valence-electron chi connectivity index (χ4n) is 3.39. The van der Waals surface area contributed by atoms with Crippen molar-refractivity contribution in [1.29, 1.82) is 0 Å². The number of halogens is 2. The fraction of sp³-hybridized carbons (Fsp3) is 0.625. The van der Waals surface area contributed by atoms with Gasteiger partial charge in [0, 0.05) is 18.2 Å². The summed E-state index contributed by atoms with van der Waals surface area (Å²) in [5, 5.41) is 0. The number of likely N-dealkylation sites (N-methyl/N-ethyl adjacent to an activating group) is 1. The molecule has 1 aliphatic rings. The van der Waals surface area contributed by atoms with Crippen molar-refractivity contribution in [3.63, 3.8) is 0 Å². The second kappa shape index (κ2) is 7.14. The molecule has 1 saturated carbocycles. The van der Waals surface area contributed by atoms with Gasteiger partial charge in [0.05, 0.1) is 6.04 Å². The van der Waals surface area contributed by atoms with E-state index in [0.717, 1.165) is 19.4 Å². The standard InChI is InChI=1S/C16H24F2N2/c1-2-20(12-7-4-3-5-8-12)15(11-19)16-13(17)9-6-10-14(16)18/h6,9-10,12,15H,2-5,7-8,11,19H2,1H3. The van der Waals surface area contributed by atoms with Crippen LogP contribution < -0.4 is 5.73 Å². The van der Waals surface area contributed by atoms with Gasteiger partial charge < -0.3 is 5.73 Å². The zero-order valence-corrected chi connectivity index (χ0v) is 12.1. The molecule has 0 spiro atoms. The molecule has 0 aliphatic heterocycles.